The highest BCUT2D eigenvalue weighted by Gasteiger charge is 2.23. The molecule has 1 aromatic rings. The van der Waals surface area contributed by atoms with Gasteiger partial charge in [0.15, 0.2) is 0 Å². The van der Waals surface area contributed by atoms with Gasteiger partial charge in [-0.2, -0.15) is 0 Å². The third-order valence-electron chi connectivity index (χ3n) is 4.43. The molecule has 0 spiro atoms. The minimum atomic E-state index is -0.630. The fourth-order valence-electron chi connectivity index (χ4n) is 2.71. The van der Waals surface area contributed by atoms with E-state index in [1.165, 1.54) is 6.07 Å². The van der Waals surface area contributed by atoms with E-state index in [-0.39, 0.29) is 34.9 Å². The summed E-state index contributed by atoms with van der Waals surface area (Å²) >= 11 is 0. The molecule has 130 valence electrons. The molecule has 2 atom stereocenters. The summed E-state index contributed by atoms with van der Waals surface area (Å²) in [4.78, 5) is 24.3. The van der Waals surface area contributed by atoms with Crippen LogP contribution in [0.15, 0.2) is 18.2 Å². The average Bonchev–Trinajstić information content (AvgIpc) is 2.50. The number of rotatable bonds is 0. The molecular formula is C19H24O5. The number of carbonyl (C=O) groups excluding carboxylic acids is 2. The van der Waals surface area contributed by atoms with Gasteiger partial charge in [0.1, 0.15) is 28.9 Å². The number of phenolic OH excluding ortho intramolecular Hbond substituents is 2. The number of allylic oxidation sites excluding steroid dienone is 1. The third-order valence-corrected chi connectivity index (χ3v) is 4.43. The quantitative estimate of drug-likeness (QED) is 0.706. The van der Waals surface area contributed by atoms with Crippen LogP contribution in [0.2, 0.25) is 0 Å². The van der Waals surface area contributed by atoms with E-state index in [1.54, 1.807) is 13.0 Å². The Morgan fingerprint density at radius 1 is 1.12 bits per heavy atom. The number of esters is 1. The van der Waals surface area contributed by atoms with Gasteiger partial charge in [-0.15, -0.1) is 0 Å². The minimum absolute atomic E-state index is 0.0408. The van der Waals surface area contributed by atoms with E-state index in [0.29, 0.717) is 31.2 Å². The molecule has 2 rings (SSSR count). The van der Waals surface area contributed by atoms with Crippen molar-refractivity contribution in [2.24, 2.45) is 5.92 Å². The zero-order valence-corrected chi connectivity index (χ0v) is 14.1. The first-order valence-corrected chi connectivity index (χ1v) is 8.33. The van der Waals surface area contributed by atoms with Crippen molar-refractivity contribution in [3.8, 4) is 11.5 Å². The maximum Gasteiger partial charge on any atom is 0.342 e. The molecule has 24 heavy (non-hydrogen) atoms. The van der Waals surface area contributed by atoms with Gasteiger partial charge in [-0.3, -0.25) is 4.79 Å². The number of ketones is 1. The fourth-order valence-corrected chi connectivity index (χ4v) is 2.71. The summed E-state index contributed by atoms with van der Waals surface area (Å²) in [5, 5.41) is 19.7. The molecule has 1 aliphatic rings. The van der Waals surface area contributed by atoms with Gasteiger partial charge in [0.25, 0.3) is 0 Å². The van der Waals surface area contributed by atoms with Gasteiger partial charge in [-0.25, -0.2) is 4.79 Å². The lowest BCUT2D eigenvalue weighted by molar-refractivity contribution is -0.119. The van der Waals surface area contributed by atoms with Gasteiger partial charge in [-0.1, -0.05) is 19.1 Å². The number of fused-ring (bicyclic) bond motifs is 1. The number of Topliss-reactive ketones (excluding diaryl/α,β-unsaturated/α-hetero) is 1. The van der Waals surface area contributed by atoms with Crippen molar-refractivity contribution in [2.75, 3.05) is 0 Å². The second-order valence-electron chi connectivity index (χ2n) is 6.39. The summed E-state index contributed by atoms with van der Waals surface area (Å²) in [6.07, 6.45) is 6.23. The molecule has 0 aromatic heterocycles. The lowest BCUT2D eigenvalue weighted by Crippen LogP contribution is -2.23. The zero-order valence-electron chi connectivity index (χ0n) is 14.1. The van der Waals surface area contributed by atoms with Crippen LogP contribution < -0.4 is 0 Å². The molecular weight excluding hydrogens is 308 g/mol. The number of hydrogen-bond acceptors (Lipinski definition) is 5. The van der Waals surface area contributed by atoms with Crippen LogP contribution in [0.25, 0.3) is 6.08 Å². The van der Waals surface area contributed by atoms with Gasteiger partial charge in [0.2, 0.25) is 0 Å². The van der Waals surface area contributed by atoms with E-state index in [9.17, 15) is 19.8 Å². The average molecular weight is 332 g/mol. The summed E-state index contributed by atoms with van der Waals surface area (Å²) in [5.74, 6) is -0.793. The lowest BCUT2D eigenvalue weighted by Gasteiger charge is -2.21. The van der Waals surface area contributed by atoms with Gasteiger partial charge in [0.05, 0.1) is 0 Å². The van der Waals surface area contributed by atoms with Crippen molar-refractivity contribution in [2.45, 2.75) is 52.1 Å². The zero-order chi connectivity index (χ0) is 17.7. The van der Waals surface area contributed by atoms with Crippen LogP contribution in [0.4, 0.5) is 0 Å². The molecule has 5 heteroatoms. The van der Waals surface area contributed by atoms with Gasteiger partial charge < -0.3 is 14.9 Å². The summed E-state index contributed by atoms with van der Waals surface area (Å²) in [5.41, 5.74) is 0.456. The maximum atomic E-state index is 12.5. The first kappa shape index (κ1) is 18.0. The van der Waals surface area contributed by atoms with Crippen LogP contribution in [-0.4, -0.2) is 28.1 Å². The first-order valence-electron chi connectivity index (χ1n) is 8.33. The summed E-state index contributed by atoms with van der Waals surface area (Å²) < 4.78 is 5.46. The van der Waals surface area contributed by atoms with Gasteiger partial charge in [0, 0.05) is 18.9 Å². The van der Waals surface area contributed by atoms with E-state index in [2.05, 4.69) is 0 Å². The van der Waals surface area contributed by atoms with E-state index < -0.39 is 5.97 Å². The van der Waals surface area contributed by atoms with Crippen LogP contribution in [-0.2, 0) is 9.53 Å². The molecule has 2 N–H and O–H groups in total. The Morgan fingerprint density at radius 2 is 1.88 bits per heavy atom. The highest BCUT2D eigenvalue weighted by molar-refractivity contribution is 5.97. The predicted molar refractivity (Wildman–Crippen MR) is 90.9 cm³/mol. The number of carbonyl (C=O) groups is 2. The SMILES string of the molecule is C[C@@H]1CCC(=O)CCC/C=C/c2cc(O)cc(O)c2C(=O)O[C@@H]1C. The minimum Gasteiger partial charge on any atom is -0.508 e. The van der Waals surface area contributed by atoms with Crippen LogP contribution in [0.3, 0.4) is 0 Å². The Bertz CT molecular complexity index is 647. The Labute approximate surface area is 142 Å². The molecule has 0 saturated carbocycles. The smallest absolute Gasteiger partial charge is 0.342 e. The third kappa shape index (κ3) is 4.60. The van der Waals surface area contributed by atoms with Crippen molar-refractivity contribution in [1.82, 2.24) is 0 Å². The second-order valence-corrected chi connectivity index (χ2v) is 6.39. The molecule has 0 radical (unpaired) electrons. The van der Waals surface area contributed by atoms with Crippen LogP contribution >= 0.6 is 0 Å². The Hall–Kier alpha value is -2.30. The standard InChI is InChI=1S/C19H24O5/c1-12-8-9-15(20)7-5-3-4-6-14-10-16(21)11-17(22)18(14)19(23)24-13(12)2/h4,6,10-13,21-22H,3,5,7-9H2,1-2H3/b6-4+/t12-,13-/m1/s1. The van der Waals surface area contributed by atoms with Crippen LogP contribution in [0, 0.1) is 5.92 Å². The second kappa shape index (κ2) is 7.99. The Balaban J connectivity index is 2.36. The predicted octanol–water partition coefficient (Wildman–Crippen LogP) is 3.83. The van der Waals surface area contributed by atoms with E-state index in [4.69, 9.17) is 4.74 Å². The van der Waals surface area contributed by atoms with Crippen molar-refractivity contribution >= 4 is 17.8 Å². The van der Waals surface area contributed by atoms with Crippen molar-refractivity contribution in [3.63, 3.8) is 0 Å². The highest BCUT2D eigenvalue weighted by atomic mass is 16.5. The normalized spacial score (nSPS) is 24.6. The monoisotopic (exact) mass is 332 g/mol. The maximum absolute atomic E-state index is 12.5. The molecule has 0 bridgehead atoms. The number of aromatic hydroxyl groups is 2. The molecule has 0 fully saturated rings. The first-order chi connectivity index (χ1) is 11.4. The summed E-state index contributed by atoms with van der Waals surface area (Å²) in [7, 11) is 0. The molecule has 0 aliphatic carbocycles. The number of benzene rings is 1. The van der Waals surface area contributed by atoms with Crippen LogP contribution in [0.5, 0.6) is 11.5 Å². The molecule has 0 amide bonds. The Morgan fingerprint density at radius 3 is 2.62 bits per heavy atom. The fraction of sp³-hybridized carbons (Fsp3) is 0.474. The number of hydrogen-bond donors (Lipinski definition) is 2. The molecule has 1 aliphatic heterocycles. The van der Waals surface area contributed by atoms with Crippen molar-refractivity contribution in [1.29, 1.82) is 0 Å². The van der Waals surface area contributed by atoms with Gasteiger partial charge in [-0.05, 0) is 43.7 Å². The van der Waals surface area contributed by atoms with E-state index >= 15 is 0 Å². The molecule has 1 aromatic carbocycles. The molecule has 0 saturated heterocycles. The van der Waals surface area contributed by atoms with E-state index in [0.717, 1.165) is 12.5 Å². The van der Waals surface area contributed by atoms with Crippen molar-refractivity contribution in [3.05, 3.63) is 29.3 Å². The molecule has 5 nitrogen and oxygen atoms in total. The Kier molecular flexibility index (Phi) is 6.01. The molecule has 0 unspecified atom stereocenters. The highest BCUT2D eigenvalue weighted by Crippen LogP contribution is 2.30. The van der Waals surface area contributed by atoms with Crippen molar-refractivity contribution < 1.29 is 24.5 Å². The lowest BCUT2D eigenvalue weighted by atomic mass is 9.96. The number of cyclic esters (lactones) is 1. The molecule has 1 heterocycles. The van der Waals surface area contributed by atoms with Crippen LogP contribution in [0.1, 0.15) is 61.9 Å². The summed E-state index contributed by atoms with van der Waals surface area (Å²) in [6.45, 7) is 3.72. The topological polar surface area (TPSA) is 83.8 Å². The number of phenols is 2. The summed E-state index contributed by atoms with van der Waals surface area (Å²) in [6, 6.07) is 2.54. The van der Waals surface area contributed by atoms with E-state index in [1.807, 2.05) is 13.0 Å². The van der Waals surface area contributed by atoms with Gasteiger partial charge >= 0.3 is 5.97 Å². The largest absolute Gasteiger partial charge is 0.508 e. The number of ether oxygens (including phenoxy) is 1.